The Morgan fingerprint density at radius 2 is 2.29 bits per heavy atom. The second-order valence-electron chi connectivity index (χ2n) is 3.76. The smallest absolute Gasteiger partial charge is 0.250 e. The van der Waals surface area contributed by atoms with Crippen LogP contribution in [-0.2, 0) is 19.6 Å². The van der Waals surface area contributed by atoms with E-state index < -0.39 is 0 Å². The number of thiazole rings is 1. The standard InChI is InChI=1S/C12H14N2O2S/c1-9-10(8-15)17-11(13-9)5-7-14-6-3-2-4-12(14)16/h2-4,6,15H,5,7-8H2,1H3. The number of hydrogen-bond acceptors (Lipinski definition) is 4. The maximum atomic E-state index is 11.5. The van der Waals surface area contributed by atoms with Crippen molar-refractivity contribution in [2.75, 3.05) is 0 Å². The van der Waals surface area contributed by atoms with E-state index in [-0.39, 0.29) is 12.2 Å². The molecular formula is C12H14N2O2S. The molecule has 0 saturated heterocycles. The minimum Gasteiger partial charge on any atom is -0.391 e. The van der Waals surface area contributed by atoms with Crippen molar-refractivity contribution in [2.45, 2.75) is 26.5 Å². The van der Waals surface area contributed by atoms with Crippen molar-refractivity contribution in [3.05, 3.63) is 50.3 Å². The van der Waals surface area contributed by atoms with Crippen molar-refractivity contribution in [2.24, 2.45) is 0 Å². The van der Waals surface area contributed by atoms with E-state index in [1.54, 1.807) is 22.9 Å². The highest BCUT2D eigenvalue weighted by molar-refractivity contribution is 7.11. The molecule has 17 heavy (non-hydrogen) atoms. The predicted molar refractivity (Wildman–Crippen MR) is 67.2 cm³/mol. The minimum atomic E-state index is 0.00293. The Hall–Kier alpha value is -1.46. The Morgan fingerprint density at radius 1 is 1.47 bits per heavy atom. The molecule has 1 N–H and O–H groups in total. The molecule has 0 spiro atoms. The summed E-state index contributed by atoms with van der Waals surface area (Å²) in [6.45, 7) is 2.55. The number of aryl methyl sites for hydroxylation is 3. The van der Waals surface area contributed by atoms with Crippen molar-refractivity contribution in [1.82, 2.24) is 9.55 Å². The van der Waals surface area contributed by atoms with Gasteiger partial charge >= 0.3 is 0 Å². The van der Waals surface area contributed by atoms with E-state index in [2.05, 4.69) is 4.98 Å². The average molecular weight is 250 g/mol. The lowest BCUT2D eigenvalue weighted by atomic mass is 10.4. The summed E-state index contributed by atoms with van der Waals surface area (Å²) in [6, 6.07) is 5.12. The lowest BCUT2D eigenvalue weighted by Crippen LogP contribution is -2.18. The van der Waals surface area contributed by atoms with Gasteiger partial charge in [-0.25, -0.2) is 4.98 Å². The van der Waals surface area contributed by atoms with Crippen LogP contribution in [0.1, 0.15) is 15.6 Å². The second-order valence-corrected chi connectivity index (χ2v) is 4.92. The molecule has 0 bridgehead atoms. The van der Waals surface area contributed by atoms with Crippen LogP contribution < -0.4 is 5.56 Å². The first-order chi connectivity index (χ1) is 8.20. The molecule has 0 fully saturated rings. The third kappa shape index (κ3) is 2.81. The summed E-state index contributed by atoms with van der Waals surface area (Å²) in [5.74, 6) is 0. The summed E-state index contributed by atoms with van der Waals surface area (Å²) in [5, 5.41) is 10.0. The molecule has 0 saturated carbocycles. The number of nitrogens with zero attached hydrogens (tertiary/aromatic N) is 2. The zero-order valence-corrected chi connectivity index (χ0v) is 10.4. The van der Waals surface area contributed by atoms with Gasteiger partial charge in [-0.05, 0) is 13.0 Å². The Morgan fingerprint density at radius 3 is 2.94 bits per heavy atom. The summed E-state index contributed by atoms with van der Waals surface area (Å²) in [5.41, 5.74) is 0.885. The maximum absolute atomic E-state index is 11.5. The second kappa shape index (κ2) is 5.25. The quantitative estimate of drug-likeness (QED) is 0.891. The summed E-state index contributed by atoms with van der Waals surface area (Å²) in [4.78, 5) is 16.7. The first kappa shape index (κ1) is 12.0. The van der Waals surface area contributed by atoms with Crippen molar-refractivity contribution in [1.29, 1.82) is 0 Å². The highest BCUT2D eigenvalue weighted by Gasteiger charge is 2.06. The Kier molecular flexibility index (Phi) is 3.71. The molecule has 0 aliphatic heterocycles. The molecule has 2 aromatic heterocycles. The van der Waals surface area contributed by atoms with Crippen LogP contribution in [-0.4, -0.2) is 14.7 Å². The van der Waals surface area contributed by atoms with E-state index in [0.29, 0.717) is 6.54 Å². The normalized spacial score (nSPS) is 10.7. The zero-order valence-electron chi connectivity index (χ0n) is 9.59. The fourth-order valence-electron chi connectivity index (χ4n) is 1.60. The average Bonchev–Trinajstić information content (AvgIpc) is 2.69. The molecule has 4 nitrogen and oxygen atoms in total. The van der Waals surface area contributed by atoms with Gasteiger partial charge in [0.15, 0.2) is 0 Å². The molecule has 2 heterocycles. The topological polar surface area (TPSA) is 55.1 Å². The summed E-state index contributed by atoms with van der Waals surface area (Å²) >= 11 is 1.51. The number of aliphatic hydroxyl groups is 1. The molecule has 0 aliphatic rings. The molecule has 0 amide bonds. The molecule has 0 aliphatic carbocycles. The van der Waals surface area contributed by atoms with E-state index in [9.17, 15) is 4.79 Å². The first-order valence-corrected chi connectivity index (χ1v) is 6.24. The molecule has 90 valence electrons. The summed E-state index contributed by atoms with van der Waals surface area (Å²) in [7, 11) is 0. The molecule has 2 rings (SSSR count). The van der Waals surface area contributed by atoms with Crippen molar-refractivity contribution in [3.63, 3.8) is 0 Å². The van der Waals surface area contributed by atoms with Crippen LogP contribution in [0.4, 0.5) is 0 Å². The van der Waals surface area contributed by atoms with Crippen LogP contribution in [0.15, 0.2) is 29.2 Å². The van der Waals surface area contributed by atoms with Crippen LogP contribution >= 0.6 is 11.3 Å². The van der Waals surface area contributed by atoms with Crippen LogP contribution in [0.25, 0.3) is 0 Å². The van der Waals surface area contributed by atoms with Crippen molar-refractivity contribution < 1.29 is 5.11 Å². The molecule has 0 radical (unpaired) electrons. The van der Waals surface area contributed by atoms with Gasteiger partial charge in [0.1, 0.15) is 0 Å². The Labute approximate surface area is 103 Å². The molecular weight excluding hydrogens is 236 g/mol. The van der Waals surface area contributed by atoms with Gasteiger partial charge in [-0.2, -0.15) is 0 Å². The molecule has 5 heteroatoms. The molecule has 2 aromatic rings. The van der Waals surface area contributed by atoms with Crippen LogP contribution in [0.5, 0.6) is 0 Å². The first-order valence-electron chi connectivity index (χ1n) is 5.42. The number of pyridine rings is 1. The maximum Gasteiger partial charge on any atom is 0.250 e. The molecule has 0 aromatic carbocycles. The third-order valence-corrected chi connectivity index (χ3v) is 3.75. The molecule has 0 atom stereocenters. The third-order valence-electron chi connectivity index (χ3n) is 2.55. The van der Waals surface area contributed by atoms with Crippen LogP contribution in [0, 0.1) is 6.92 Å². The highest BCUT2D eigenvalue weighted by atomic mass is 32.1. The Balaban J connectivity index is 2.07. The fraction of sp³-hybridized carbons (Fsp3) is 0.333. The van der Waals surface area contributed by atoms with Crippen LogP contribution in [0.2, 0.25) is 0 Å². The van der Waals surface area contributed by atoms with Gasteiger partial charge in [-0.1, -0.05) is 6.07 Å². The molecule has 0 unspecified atom stereocenters. The largest absolute Gasteiger partial charge is 0.391 e. The van der Waals surface area contributed by atoms with E-state index in [1.807, 2.05) is 13.0 Å². The minimum absolute atomic E-state index is 0.00293. The van der Waals surface area contributed by atoms with E-state index in [4.69, 9.17) is 5.11 Å². The number of hydrogen-bond donors (Lipinski definition) is 1. The summed E-state index contributed by atoms with van der Waals surface area (Å²) < 4.78 is 1.66. The Bertz CT molecular complexity index is 560. The van der Waals surface area contributed by atoms with Gasteiger partial charge in [0.2, 0.25) is 0 Å². The monoisotopic (exact) mass is 250 g/mol. The highest BCUT2D eigenvalue weighted by Crippen LogP contribution is 2.18. The van der Waals surface area contributed by atoms with Gasteiger partial charge in [-0.3, -0.25) is 4.79 Å². The van der Waals surface area contributed by atoms with Gasteiger partial charge in [0.25, 0.3) is 5.56 Å². The fourth-order valence-corrected chi connectivity index (χ4v) is 2.52. The van der Waals surface area contributed by atoms with Gasteiger partial charge in [0.05, 0.1) is 22.2 Å². The number of aromatic nitrogens is 2. The zero-order chi connectivity index (χ0) is 12.3. The van der Waals surface area contributed by atoms with Crippen LogP contribution in [0.3, 0.4) is 0 Å². The lowest BCUT2D eigenvalue weighted by molar-refractivity contribution is 0.284. The predicted octanol–water partition coefficient (Wildman–Crippen LogP) is 1.35. The summed E-state index contributed by atoms with van der Waals surface area (Å²) in [6.07, 6.45) is 2.49. The van der Waals surface area contributed by atoms with Gasteiger partial charge in [0, 0.05) is 25.2 Å². The van der Waals surface area contributed by atoms with Crippen molar-refractivity contribution in [3.8, 4) is 0 Å². The lowest BCUT2D eigenvalue weighted by Gasteiger charge is -2.02. The number of rotatable bonds is 4. The number of aliphatic hydroxyl groups excluding tert-OH is 1. The van der Waals surface area contributed by atoms with E-state index >= 15 is 0 Å². The van der Waals surface area contributed by atoms with Crippen molar-refractivity contribution >= 4 is 11.3 Å². The van der Waals surface area contributed by atoms with E-state index in [0.717, 1.165) is 22.0 Å². The van der Waals surface area contributed by atoms with E-state index in [1.165, 1.54) is 11.3 Å². The van der Waals surface area contributed by atoms with Gasteiger partial charge < -0.3 is 9.67 Å². The van der Waals surface area contributed by atoms with Gasteiger partial charge in [-0.15, -0.1) is 11.3 Å². The SMILES string of the molecule is Cc1nc(CCn2ccccc2=O)sc1CO.